The number of nitrogens with two attached hydrogens (primary N) is 1. The maximum absolute atomic E-state index is 8.51. The first kappa shape index (κ1) is 11.9. The first-order valence-electron chi connectivity index (χ1n) is 4.66. The van der Waals surface area contributed by atoms with E-state index in [1.807, 2.05) is 24.9 Å². The van der Waals surface area contributed by atoms with Crippen LogP contribution in [0.5, 0.6) is 0 Å². The molecule has 1 atom stereocenters. The molecular weight excluding hydrogens is 212 g/mol. The molecule has 1 unspecified atom stereocenters. The van der Waals surface area contributed by atoms with Crippen molar-refractivity contribution >= 4 is 17.2 Å². The maximum Gasteiger partial charge on any atom is 0.143 e. The summed E-state index contributed by atoms with van der Waals surface area (Å²) >= 11 is 1.59. The number of nitrogens with zero attached hydrogens (tertiary/aromatic N) is 3. The summed E-state index contributed by atoms with van der Waals surface area (Å²) in [6, 6.07) is 0. The van der Waals surface area contributed by atoms with E-state index in [4.69, 9.17) is 10.9 Å². The molecule has 0 bridgehead atoms. The summed E-state index contributed by atoms with van der Waals surface area (Å²) in [4.78, 5) is 6.29. The Labute approximate surface area is 93.2 Å². The Kier molecular flexibility index (Phi) is 4.51. The van der Waals surface area contributed by atoms with E-state index in [1.54, 1.807) is 11.3 Å². The molecule has 1 aromatic rings. The van der Waals surface area contributed by atoms with Crippen molar-refractivity contribution in [1.82, 2.24) is 9.88 Å². The van der Waals surface area contributed by atoms with Crippen LogP contribution < -0.4 is 5.73 Å². The molecule has 6 heteroatoms. The average Bonchev–Trinajstić information content (AvgIpc) is 2.68. The van der Waals surface area contributed by atoms with E-state index in [1.165, 1.54) is 0 Å². The molecule has 84 valence electrons. The van der Waals surface area contributed by atoms with Gasteiger partial charge < -0.3 is 10.9 Å². The van der Waals surface area contributed by atoms with Crippen molar-refractivity contribution in [1.29, 1.82) is 0 Å². The first-order valence-corrected chi connectivity index (χ1v) is 5.60. The number of thiazole rings is 1. The SMILES string of the molecule is CC(CN(C)Cc1cscn1)C(N)=NO. The predicted octanol–water partition coefficient (Wildman–Crippen LogP) is 0.957. The predicted molar refractivity (Wildman–Crippen MR) is 61.0 cm³/mol. The minimum atomic E-state index is 0.0404. The fourth-order valence-electron chi connectivity index (χ4n) is 1.32. The monoisotopic (exact) mass is 228 g/mol. The number of hydrogen-bond donors (Lipinski definition) is 2. The molecule has 1 heterocycles. The Balaban J connectivity index is 2.39. The van der Waals surface area contributed by atoms with E-state index < -0.39 is 0 Å². The van der Waals surface area contributed by atoms with E-state index in [2.05, 4.69) is 15.0 Å². The van der Waals surface area contributed by atoms with Crippen molar-refractivity contribution in [3.63, 3.8) is 0 Å². The van der Waals surface area contributed by atoms with Gasteiger partial charge in [0.05, 0.1) is 11.2 Å². The largest absolute Gasteiger partial charge is 0.409 e. The second kappa shape index (κ2) is 5.67. The molecule has 3 N–H and O–H groups in total. The van der Waals surface area contributed by atoms with Crippen LogP contribution in [-0.2, 0) is 6.54 Å². The summed E-state index contributed by atoms with van der Waals surface area (Å²) in [5, 5.41) is 13.5. The summed E-state index contributed by atoms with van der Waals surface area (Å²) in [6.07, 6.45) is 0. The lowest BCUT2D eigenvalue weighted by molar-refractivity contribution is 0.289. The van der Waals surface area contributed by atoms with Crippen LogP contribution in [0.2, 0.25) is 0 Å². The summed E-state index contributed by atoms with van der Waals surface area (Å²) in [7, 11) is 1.99. The Hall–Kier alpha value is -1.14. The molecule has 0 fully saturated rings. The van der Waals surface area contributed by atoms with E-state index in [0.29, 0.717) is 0 Å². The van der Waals surface area contributed by atoms with Crippen molar-refractivity contribution in [2.24, 2.45) is 16.8 Å². The molecule has 0 spiro atoms. The third-order valence-corrected chi connectivity index (χ3v) is 2.76. The quantitative estimate of drug-likeness (QED) is 0.341. The summed E-state index contributed by atoms with van der Waals surface area (Å²) in [6.45, 7) is 3.45. The van der Waals surface area contributed by atoms with Crippen molar-refractivity contribution in [3.05, 3.63) is 16.6 Å². The van der Waals surface area contributed by atoms with Gasteiger partial charge in [-0.1, -0.05) is 12.1 Å². The standard InChI is InChI=1S/C9H16N4OS/c1-7(9(10)12-14)3-13(2)4-8-5-15-6-11-8/h5-7,14H,3-4H2,1-2H3,(H2,10,12). The van der Waals surface area contributed by atoms with Gasteiger partial charge in [-0.15, -0.1) is 11.3 Å². The number of oxime groups is 1. The van der Waals surface area contributed by atoms with Gasteiger partial charge in [-0.3, -0.25) is 4.90 Å². The Morgan fingerprint density at radius 3 is 3.07 bits per heavy atom. The normalized spacial score (nSPS) is 14.5. The second-order valence-electron chi connectivity index (χ2n) is 3.60. The zero-order chi connectivity index (χ0) is 11.3. The van der Waals surface area contributed by atoms with E-state index in [-0.39, 0.29) is 11.8 Å². The van der Waals surface area contributed by atoms with Gasteiger partial charge in [0.15, 0.2) is 0 Å². The fraction of sp³-hybridized carbons (Fsp3) is 0.556. The van der Waals surface area contributed by atoms with Gasteiger partial charge >= 0.3 is 0 Å². The number of hydrogen-bond acceptors (Lipinski definition) is 5. The zero-order valence-corrected chi connectivity index (χ0v) is 9.74. The molecule has 0 aliphatic carbocycles. The summed E-state index contributed by atoms with van der Waals surface area (Å²) < 4.78 is 0. The van der Waals surface area contributed by atoms with Gasteiger partial charge in [-0.25, -0.2) is 4.98 Å². The lowest BCUT2D eigenvalue weighted by Gasteiger charge is -2.19. The molecule has 0 amide bonds. The summed E-state index contributed by atoms with van der Waals surface area (Å²) in [5.41, 5.74) is 8.36. The molecule has 0 aromatic carbocycles. The molecule has 0 saturated carbocycles. The van der Waals surface area contributed by atoms with Gasteiger partial charge in [-0.2, -0.15) is 0 Å². The highest BCUT2D eigenvalue weighted by molar-refractivity contribution is 7.07. The molecule has 5 nitrogen and oxygen atoms in total. The van der Waals surface area contributed by atoms with E-state index >= 15 is 0 Å². The van der Waals surface area contributed by atoms with Crippen LogP contribution in [0.4, 0.5) is 0 Å². The number of aromatic nitrogens is 1. The lowest BCUT2D eigenvalue weighted by atomic mass is 10.1. The van der Waals surface area contributed by atoms with Crippen molar-refractivity contribution < 1.29 is 5.21 Å². The Morgan fingerprint density at radius 1 is 1.80 bits per heavy atom. The van der Waals surface area contributed by atoms with Crippen LogP contribution in [-0.4, -0.2) is 34.5 Å². The van der Waals surface area contributed by atoms with Crippen LogP contribution in [0.3, 0.4) is 0 Å². The minimum Gasteiger partial charge on any atom is -0.409 e. The van der Waals surface area contributed by atoms with Crippen LogP contribution in [0.1, 0.15) is 12.6 Å². The highest BCUT2D eigenvalue weighted by atomic mass is 32.1. The van der Waals surface area contributed by atoms with Gasteiger partial charge in [-0.05, 0) is 7.05 Å². The van der Waals surface area contributed by atoms with Crippen LogP contribution in [0.15, 0.2) is 16.0 Å². The highest BCUT2D eigenvalue weighted by Gasteiger charge is 2.11. The van der Waals surface area contributed by atoms with Crippen molar-refractivity contribution in [2.75, 3.05) is 13.6 Å². The summed E-state index contributed by atoms with van der Waals surface area (Å²) in [5.74, 6) is 0.304. The van der Waals surface area contributed by atoms with Gasteiger partial charge in [0.25, 0.3) is 0 Å². The fourth-order valence-corrected chi connectivity index (χ4v) is 1.87. The van der Waals surface area contributed by atoms with Crippen LogP contribution in [0, 0.1) is 5.92 Å². The van der Waals surface area contributed by atoms with Gasteiger partial charge in [0, 0.05) is 24.4 Å². The zero-order valence-electron chi connectivity index (χ0n) is 8.92. The molecule has 15 heavy (non-hydrogen) atoms. The van der Waals surface area contributed by atoms with Crippen molar-refractivity contribution in [2.45, 2.75) is 13.5 Å². The van der Waals surface area contributed by atoms with Gasteiger partial charge in [0.2, 0.25) is 0 Å². The Bertz CT molecular complexity index is 312. The molecule has 0 saturated heterocycles. The second-order valence-corrected chi connectivity index (χ2v) is 4.32. The number of rotatable bonds is 5. The van der Waals surface area contributed by atoms with Crippen molar-refractivity contribution in [3.8, 4) is 0 Å². The van der Waals surface area contributed by atoms with E-state index in [9.17, 15) is 0 Å². The average molecular weight is 228 g/mol. The molecule has 1 aromatic heterocycles. The molecule has 0 aliphatic heterocycles. The molecule has 0 aliphatic rings. The third-order valence-electron chi connectivity index (χ3n) is 2.12. The van der Waals surface area contributed by atoms with Crippen LogP contribution in [0.25, 0.3) is 0 Å². The number of amidine groups is 1. The topological polar surface area (TPSA) is 74.7 Å². The first-order chi connectivity index (χ1) is 7.13. The van der Waals surface area contributed by atoms with E-state index in [0.717, 1.165) is 18.8 Å². The lowest BCUT2D eigenvalue weighted by Crippen LogP contribution is -2.32. The molecule has 1 rings (SSSR count). The third kappa shape index (κ3) is 3.85. The highest BCUT2D eigenvalue weighted by Crippen LogP contribution is 2.06. The minimum absolute atomic E-state index is 0.0404. The smallest absolute Gasteiger partial charge is 0.143 e. The molecular formula is C9H16N4OS. The molecule has 0 radical (unpaired) electrons. The maximum atomic E-state index is 8.51. The van der Waals surface area contributed by atoms with Gasteiger partial charge in [0.1, 0.15) is 5.84 Å². The Morgan fingerprint density at radius 2 is 2.53 bits per heavy atom. The van der Waals surface area contributed by atoms with Crippen LogP contribution >= 0.6 is 11.3 Å².